The van der Waals surface area contributed by atoms with Gasteiger partial charge in [0.1, 0.15) is 5.82 Å². The predicted molar refractivity (Wildman–Crippen MR) is 110 cm³/mol. The average Bonchev–Trinajstić information content (AvgIpc) is 2.72. The SMILES string of the molecule is CC(C)N(Cc1ccccc1)C(=O)c1cncc(C(=O)Nc2cccc(F)c2)c1. The summed E-state index contributed by atoms with van der Waals surface area (Å²) in [6.07, 6.45) is 2.82. The molecule has 0 aliphatic rings. The van der Waals surface area contributed by atoms with Crippen LogP contribution in [0.2, 0.25) is 0 Å². The molecule has 0 saturated heterocycles. The van der Waals surface area contributed by atoms with Crippen LogP contribution in [0.4, 0.5) is 10.1 Å². The first-order valence-electron chi connectivity index (χ1n) is 9.31. The molecule has 1 N–H and O–H groups in total. The number of anilines is 1. The highest BCUT2D eigenvalue weighted by Gasteiger charge is 2.20. The first-order chi connectivity index (χ1) is 13.9. The maximum absolute atomic E-state index is 13.3. The largest absolute Gasteiger partial charge is 0.332 e. The van der Waals surface area contributed by atoms with E-state index in [1.807, 2.05) is 44.2 Å². The van der Waals surface area contributed by atoms with Crippen LogP contribution >= 0.6 is 0 Å². The molecular weight excluding hydrogens is 369 g/mol. The van der Waals surface area contributed by atoms with E-state index >= 15 is 0 Å². The Morgan fingerprint density at radius 1 is 1.00 bits per heavy atom. The van der Waals surface area contributed by atoms with Gasteiger partial charge >= 0.3 is 0 Å². The monoisotopic (exact) mass is 391 g/mol. The molecular formula is C23H22FN3O2. The molecule has 0 aliphatic heterocycles. The summed E-state index contributed by atoms with van der Waals surface area (Å²) in [5, 5.41) is 2.61. The van der Waals surface area contributed by atoms with Crippen molar-refractivity contribution in [1.82, 2.24) is 9.88 Å². The molecule has 5 nitrogen and oxygen atoms in total. The van der Waals surface area contributed by atoms with E-state index < -0.39 is 11.7 Å². The second-order valence-corrected chi connectivity index (χ2v) is 6.94. The molecule has 0 atom stereocenters. The zero-order valence-corrected chi connectivity index (χ0v) is 16.3. The van der Waals surface area contributed by atoms with Crippen molar-refractivity contribution in [1.29, 1.82) is 0 Å². The maximum atomic E-state index is 13.3. The van der Waals surface area contributed by atoms with Crippen molar-refractivity contribution in [3.05, 3.63) is 95.6 Å². The molecule has 2 amide bonds. The molecule has 0 bridgehead atoms. The van der Waals surface area contributed by atoms with Crippen molar-refractivity contribution in [2.45, 2.75) is 26.4 Å². The predicted octanol–water partition coefficient (Wildman–Crippen LogP) is 4.52. The zero-order chi connectivity index (χ0) is 20.8. The molecule has 29 heavy (non-hydrogen) atoms. The Morgan fingerprint density at radius 3 is 2.41 bits per heavy atom. The number of carbonyl (C=O) groups excluding carboxylic acids is 2. The van der Waals surface area contributed by atoms with Crippen LogP contribution < -0.4 is 5.32 Å². The Balaban J connectivity index is 1.79. The summed E-state index contributed by atoms with van der Waals surface area (Å²) in [6.45, 7) is 4.33. The zero-order valence-electron chi connectivity index (χ0n) is 16.3. The lowest BCUT2D eigenvalue weighted by Gasteiger charge is -2.27. The molecule has 0 fully saturated rings. The molecule has 3 aromatic rings. The van der Waals surface area contributed by atoms with Gasteiger partial charge in [0, 0.05) is 30.7 Å². The number of carbonyl (C=O) groups is 2. The number of pyridine rings is 1. The Bertz CT molecular complexity index is 1010. The van der Waals surface area contributed by atoms with Crippen LogP contribution in [-0.4, -0.2) is 27.7 Å². The quantitative estimate of drug-likeness (QED) is 0.672. The molecule has 0 aliphatic carbocycles. The molecule has 0 radical (unpaired) electrons. The van der Waals surface area contributed by atoms with E-state index in [0.29, 0.717) is 17.8 Å². The van der Waals surface area contributed by atoms with Gasteiger partial charge in [-0.2, -0.15) is 0 Å². The molecule has 0 saturated carbocycles. The van der Waals surface area contributed by atoms with Gasteiger partial charge in [0.05, 0.1) is 11.1 Å². The summed E-state index contributed by atoms with van der Waals surface area (Å²) in [5.74, 6) is -1.12. The van der Waals surface area contributed by atoms with Gasteiger partial charge in [-0.15, -0.1) is 0 Å². The van der Waals surface area contributed by atoms with Gasteiger partial charge in [0.15, 0.2) is 0 Å². The van der Waals surface area contributed by atoms with Crippen molar-refractivity contribution in [3.8, 4) is 0 Å². The number of halogens is 1. The lowest BCUT2D eigenvalue weighted by atomic mass is 10.1. The molecule has 0 unspecified atom stereocenters. The highest BCUT2D eigenvalue weighted by atomic mass is 19.1. The number of amides is 2. The van der Waals surface area contributed by atoms with Crippen LogP contribution in [-0.2, 0) is 6.54 Å². The van der Waals surface area contributed by atoms with Crippen LogP contribution in [0.1, 0.15) is 40.1 Å². The van der Waals surface area contributed by atoms with E-state index in [0.717, 1.165) is 5.56 Å². The van der Waals surface area contributed by atoms with E-state index in [2.05, 4.69) is 10.3 Å². The Labute approximate surface area is 169 Å². The fourth-order valence-corrected chi connectivity index (χ4v) is 2.89. The van der Waals surface area contributed by atoms with Gasteiger partial charge in [0.2, 0.25) is 0 Å². The highest BCUT2D eigenvalue weighted by Crippen LogP contribution is 2.15. The molecule has 1 heterocycles. The van der Waals surface area contributed by atoms with Crippen LogP contribution in [0.15, 0.2) is 73.1 Å². The van der Waals surface area contributed by atoms with E-state index in [-0.39, 0.29) is 17.5 Å². The van der Waals surface area contributed by atoms with Crippen molar-refractivity contribution < 1.29 is 14.0 Å². The highest BCUT2D eigenvalue weighted by molar-refractivity contribution is 6.05. The fourth-order valence-electron chi connectivity index (χ4n) is 2.89. The maximum Gasteiger partial charge on any atom is 0.257 e. The van der Waals surface area contributed by atoms with E-state index in [1.54, 1.807) is 11.0 Å². The van der Waals surface area contributed by atoms with Crippen LogP contribution in [0, 0.1) is 5.82 Å². The van der Waals surface area contributed by atoms with E-state index in [4.69, 9.17) is 0 Å². The number of nitrogens with one attached hydrogen (secondary N) is 1. The van der Waals surface area contributed by atoms with Crippen LogP contribution in [0.3, 0.4) is 0 Å². The Kier molecular flexibility index (Phi) is 6.34. The summed E-state index contributed by atoms with van der Waals surface area (Å²) in [7, 11) is 0. The topological polar surface area (TPSA) is 62.3 Å². The van der Waals surface area contributed by atoms with Crippen molar-refractivity contribution in [2.24, 2.45) is 0 Å². The van der Waals surface area contributed by atoms with Crippen molar-refractivity contribution in [2.75, 3.05) is 5.32 Å². The summed E-state index contributed by atoms with van der Waals surface area (Å²) in [4.78, 5) is 31.3. The summed E-state index contributed by atoms with van der Waals surface area (Å²) in [5.41, 5.74) is 1.90. The van der Waals surface area contributed by atoms with Crippen molar-refractivity contribution in [3.63, 3.8) is 0 Å². The standard InChI is InChI=1S/C23H22FN3O2/c1-16(2)27(15-17-7-4-3-5-8-17)23(29)19-11-18(13-25-14-19)22(28)26-21-10-6-9-20(24)12-21/h3-14,16H,15H2,1-2H3,(H,26,28). The van der Waals surface area contributed by atoms with Gasteiger partial charge < -0.3 is 10.2 Å². The summed E-state index contributed by atoms with van der Waals surface area (Å²) >= 11 is 0. The van der Waals surface area contributed by atoms with E-state index in [9.17, 15) is 14.0 Å². The first kappa shape index (κ1) is 20.2. The number of benzene rings is 2. The van der Waals surface area contributed by atoms with Gasteiger partial charge in [-0.1, -0.05) is 36.4 Å². The number of rotatable bonds is 6. The smallest absolute Gasteiger partial charge is 0.257 e. The van der Waals surface area contributed by atoms with E-state index in [1.165, 1.54) is 36.7 Å². The Morgan fingerprint density at radius 2 is 1.72 bits per heavy atom. The molecule has 3 rings (SSSR count). The number of nitrogens with zero attached hydrogens (tertiary/aromatic N) is 2. The second-order valence-electron chi connectivity index (χ2n) is 6.94. The third-order valence-corrected chi connectivity index (χ3v) is 4.41. The third kappa shape index (κ3) is 5.25. The summed E-state index contributed by atoms with van der Waals surface area (Å²) < 4.78 is 13.3. The van der Waals surface area contributed by atoms with Crippen LogP contribution in [0.5, 0.6) is 0 Å². The minimum atomic E-state index is -0.461. The molecule has 2 aromatic carbocycles. The first-order valence-corrected chi connectivity index (χ1v) is 9.31. The molecule has 1 aromatic heterocycles. The minimum Gasteiger partial charge on any atom is -0.332 e. The molecule has 148 valence electrons. The lowest BCUT2D eigenvalue weighted by Crippen LogP contribution is -2.36. The average molecular weight is 391 g/mol. The number of hydrogen-bond donors (Lipinski definition) is 1. The number of hydrogen-bond acceptors (Lipinski definition) is 3. The third-order valence-electron chi connectivity index (χ3n) is 4.41. The lowest BCUT2D eigenvalue weighted by molar-refractivity contribution is 0.0690. The van der Waals surface area contributed by atoms with Gasteiger partial charge in [-0.25, -0.2) is 4.39 Å². The fraction of sp³-hybridized carbons (Fsp3) is 0.174. The second kappa shape index (κ2) is 9.10. The minimum absolute atomic E-state index is 0.0347. The number of aromatic nitrogens is 1. The Hall–Kier alpha value is -3.54. The molecule has 0 spiro atoms. The van der Waals surface area contributed by atoms with Crippen molar-refractivity contribution >= 4 is 17.5 Å². The van der Waals surface area contributed by atoms with Gasteiger partial charge in [0.25, 0.3) is 11.8 Å². The van der Waals surface area contributed by atoms with Gasteiger partial charge in [-0.3, -0.25) is 14.6 Å². The normalized spacial score (nSPS) is 10.6. The molecule has 6 heteroatoms. The van der Waals surface area contributed by atoms with Gasteiger partial charge in [-0.05, 0) is 43.7 Å². The summed E-state index contributed by atoms with van der Waals surface area (Å²) in [6, 6.07) is 16.8. The van der Waals surface area contributed by atoms with Crippen LogP contribution in [0.25, 0.3) is 0 Å².